The van der Waals surface area contributed by atoms with E-state index >= 15 is 0 Å². The fourth-order valence-electron chi connectivity index (χ4n) is 9.40. The van der Waals surface area contributed by atoms with Gasteiger partial charge in [-0.3, -0.25) is 19.4 Å². The van der Waals surface area contributed by atoms with Gasteiger partial charge < -0.3 is 185 Å². The number of carboxylic acid groups (broad SMARTS) is 1. The minimum absolute atomic E-state index is 0.0224. The number of aliphatic hydroxyl groups excluding tert-OH is 20. The number of aliphatic hydroxyl groups is 20. The molecule has 108 heavy (non-hydrogen) atoms. The largest absolute Gasteiger partial charge is 0.480 e. The topological polar surface area (TPSA) is 656 Å². The number of aliphatic carboxylic acids is 1. The van der Waals surface area contributed by atoms with Gasteiger partial charge in [0.05, 0.1) is 209 Å². The molecule has 43 heteroatoms. The summed E-state index contributed by atoms with van der Waals surface area (Å²) in [7, 11) is 0. The van der Waals surface area contributed by atoms with Gasteiger partial charge in [-0.1, -0.05) is 0 Å². The second-order valence-electron chi connectivity index (χ2n) is 25.7. The zero-order chi connectivity index (χ0) is 81.2. The second-order valence-corrected chi connectivity index (χ2v) is 25.7. The summed E-state index contributed by atoms with van der Waals surface area (Å²) in [5.41, 5.74) is -0.751. The summed E-state index contributed by atoms with van der Waals surface area (Å²) >= 11 is 0. The number of hydrogen-bond acceptors (Lipinski definition) is 39. The normalized spacial score (nSPS) is 17.3. The van der Waals surface area contributed by atoms with Crippen LogP contribution >= 0.6 is 0 Å². The van der Waals surface area contributed by atoms with Gasteiger partial charge in [0, 0.05) is 52.2 Å². The van der Waals surface area contributed by atoms with Crippen molar-refractivity contribution in [2.24, 2.45) is 0 Å². The highest BCUT2D eigenvalue weighted by Gasteiger charge is 2.41. The molecule has 0 fully saturated rings. The average Bonchev–Trinajstić information content (AvgIpc) is 0.826. The standard InChI is InChI=1S/C65H129N5O38/c1-65(2,3)108-64(95)68-43(63(93)94)6-4-5-8-66-53(83)7-10-96-12-14-98-16-18-100-20-22-102-24-26-104-28-30-106-32-33-107-31-29-105-27-25-103-23-21-101-19-17-99-15-13-97-11-9-67-62(92)44(70(37-47(77)56(86)60(90)51(81)41-73)38-48(78)57(87)61(91)52(82)42-74)34-69(35-45(75)54(84)58(88)49(79)39-71)36-46(76)55(85)59(89)50(80)40-72/h43-52,54-61,71-82,84-91H,4-42H2,1-3H3,(H,66,83)(H,67,92)(H,68,95)(H,93,94)/t43-,44?,45+,46+,47-,48-,49-,50-,51+,52+,54-,55-,56+,57+,58-,59-,60+,61+/m0/s1. The van der Waals surface area contributed by atoms with Crippen LogP contribution in [0.4, 0.5) is 4.79 Å². The number of nitrogens with one attached hydrogen (secondary N) is 3. The third-order valence-electron chi connectivity index (χ3n) is 15.6. The predicted molar refractivity (Wildman–Crippen MR) is 371 cm³/mol. The maximum atomic E-state index is 14.4. The van der Waals surface area contributed by atoms with E-state index in [1.54, 1.807) is 20.8 Å². The van der Waals surface area contributed by atoms with E-state index < -0.39 is 192 Å². The molecule has 1 unspecified atom stereocenters. The first-order valence-electron chi connectivity index (χ1n) is 35.9. The monoisotopic (exact) mass is 1590 g/mol. The average molecular weight is 1590 g/mol. The van der Waals surface area contributed by atoms with Crippen molar-refractivity contribution in [3.05, 3.63) is 0 Å². The van der Waals surface area contributed by atoms with E-state index in [4.69, 9.17) is 61.6 Å². The Morgan fingerprint density at radius 1 is 0.343 bits per heavy atom. The molecule has 24 N–H and O–H groups in total. The lowest BCUT2D eigenvalue weighted by Gasteiger charge is -2.40. The Morgan fingerprint density at radius 3 is 0.907 bits per heavy atom. The number of hydrogen-bond donors (Lipinski definition) is 24. The van der Waals surface area contributed by atoms with Gasteiger partial charge in [0.25, 0.3) is 0 Å². The van der Waals surface area contributed by atoms with Crippen LogP contribution in [0.2, 0.25) is 0 Å². The van der Waals surface area contributed by atoms with Crippen molar-refractivity contribution >= 4 is 23.9 Å². The van der Waals surface area contributed by atoms with Crippen LogP contribution in [-0.2, 0) is 76.0 Å². The zero-order valence-corrected chi connectivity index (χ0v) is 62.2. The molecule has 18 atom stereocenters. The molecular weight excluding hydrogens is 1460 g/mol. The summed E-state index contributed by atoms with van der Waals surface area (Å²) in [5.74, 6) is -2.47. The number of carbonyl (C=O) groups excluding carboxylic acids is 3. The van der Waals surface area contributed by atoms with E-state index in [1.165, 1.54) is 0 Å². The Hall–Kier alpha value is -3.68. The van der Waals surface area contributed by atoms with E-state index in [0.717, 1.165) is 9.80 Å². The summed E-state index contributed by atoms with van der Waals surface area (Å²) in [6.45, 7) is 2.27. The molecule has 0 bridgehead atoms. The van der Waals surface area contributed by atoms with Gasteiger partial charge in [0.2, 0.25) is 11.8 Å². The minimum Gasteiger partial charge on any atom is -0.480 e. The van der Waals surface area contributed by atoms with Crippen LogP contribution < -0.4 is 16.0 Å². The molecule has 0 aromatic rings. The van der Waals surface area contributed by atoms with Crippen LogP contribution in [0.25, 0.3) is 0 Å². The molecule has 0 rings (SSSR count). The van der Waals surface area contributed by atoms with Gasteiger partial charge in [-0.05, 0) is 40.0 Å². The molecule has 0 heterocycles. The number of ether oxygens (including phenoxy) is 13. The summed E-state index contributed by atoms with van der Waals surface area (Å²) < 4.78 is 71.0. The Kier molecular flexibility index (Phi) is 62.5. The van der Waals surface area contributed by atoms with E-state index in [2.05, 4.69) is 16.0 Å². The number of nitrogens with zero attached hydrogens (tertiary/aromatic N) is 2. The van der Waals surface area contributed by atoms with Crippen LogP contribution in [0.15, 0.2) is 0 Å². The molecule has 3 amide bonds. The van der Waals surface area contributed by atoms with Gasteiger partial charge in [-0.25, -0.2) is 9.59 Å². The number of carboxylic acids is 1. The number of amides is 3. The summed E-state index contributed by atoms with van der Waals surface area (Å²) in [4.78, 5) is 51.4. The van der Waals surface area contributed by atoms with E-state index in [1.807, 2.05) is 0 Å². The zero-order valence-electron chi connectivity index (χ0n) is 62.2. The molecule has 0 aromatic carbocycles. The predicted octanol–water partition coefficient (Wildman–Crippen LogP) is -12.3. The lowest BCUT2D eigenvalue weighted by atomic mass is 9.99. The highest BCUT2D eigenvalue weighted by molar-refractivity contribution is 5.82. The fourth-order valence-corrected chi connectivity index (χ4v) is 9.40. The Bertz CT molecular complexity index is 2120. The molecule has 0 saturated carbocycles. The molecule has 0 aliphatic carbocycles. The second kappa shape index (κ2) is 64.7. The first kappa shape index (κ1) is 104. The van der Waals surface area contributed by atoms with Crippen molar-refractivity contribution in [2.45, 2.75) is 162 Å². The van der Waals surface area contributed by atoms with Crippen molar-refractivity contribution in [1.82, 2.24) is 25.8 Å². The molecule has 0 spiro atoms. The van der Waals surface area contributed by atoms with E-state index in [0.29, 0.717) is 125 Å². The van der Waals surface area contributed by atoms with Crippen molar-refractivity contribution in [1.29, 1.82) is 0 Å². The van der Waals surface area contributed by atoms with E-state index in [-0.39, 0.29) is 78.1 Å². The minimum atomic E-state index is -2.34. The van der Waals surface area contributed by atoms with Crippen LogP contribution in [0.1, 0.15) is 46.5 Å². The first-order chi connectivity index (χ1) is 51.4. The van der Waals surface area contributed by atoms with Crippen LogP contribution in [0.5, 0.6) is 0 Å². The molecule has 0 aliphatic heterocycles. The van der Waals surface area contributed by atoms with Crippen molar-refractivity contribution in [2.75, 3.05) is 231 Å². The highest BCUT2D eigenvalue weighted by atomic mass is 16.6. The van der Waals surface area contributed by atoms with Crippen molar-refractivity contribution < 1.29 is 188 Å². The van der Waals surface area contributed by atoms with Crippen LogP contribution in [0.3, 0.4) is 0 Å². The molecular formula is C65H129N5O38. The summed E-state index contributed by atoms with van der Waals surface area (Å²) in [6, 6.07) is -3.02. The SMILES string of the molecule is CC(C)(C)OC(=O)N[C@@H](CCCCNC(=O)CCOCCOCCOCCOCCOCCOCCOCCOCCOCCOCCOCCOCCNC(=O)C(CN(C[C@@H](O)[C@H](O)[C@@H](O)[C@@H](O)CO)C[C@@H](O)[C@H](O)[C@@H](O)[C@@H](O)CO)N(C[C@H](O)[C@@H](O)[C@H](O)[C@H](O)CO)C[C@H](O)[C@@H](O)[C@H](O)[C@H](O)CO)C(=O)O. The lowest BCUT2D eigenvalue weighted by Crippen LogP contribution is -2.61. The fraction of sp³-hybridized carbons (Fsp3) is 0.938. The first-order valence-corrected chi connectivity index (χ1v) is 35.9. The summed E-state index contributed by atoms with van der Waals surface area (Å²) in [6.07, 6.45) is -34.7. The Labute approximate surface area is 628 Å². The number of unbranched alkanes of at least 4 members (excludes halogenated alkanes) is 1. The molecule has 0 radical (unpaired) electrons. The van der Waals surface area contributed by atoms with Gasteiger partial charge in [0.1, 0.15) is 90.9 Å². The molecule has 0 aromatic heterocycles. The van der Waals surface area contributed by atoms with Crippen molar-refractivity contribution in [3.8, 4) is 0 Å². The summed E-state index contributed by atoms with van der Waals surface area (Å²) in [5, 5.41) is 224. The molecule has 642 valence electrons. The van der Waals surface area contributed by atoms with Crippen molar-refractivity contribution in [3.63, 3.8) is 0 Å². The van der Waals surface area contributed by atoms with E-state index in [9.17, 15) is 126 Å². The third-order valence-corrected chi connectivity index (χ3v) is 15.6. The third kappa shape index (κ3) is 51.1. The van der Waals surface area contributed by atoms with Crippen LogP contribution in [0, 0.1) is 0 Å². The number of rotatable bonds is 74. The maximum Gasteiger partial charge on any atom is 0.408 e. The van der Waals surface area contributed by atoms with Gasteiger partial charge in [0.15, 0.2) is 0 Å². The number of alkyl carbamates (subject to hydrolysis) is 1. The highest BCUT2D eigenvalue weighted by Crippen LogP contribution is 2.18. The molecule has 43 nitrogen and oxygen atoms in total. The lowest BCUT2D eigenvalue weighted by molar-refractivity contribution is -0.145. The van der Waals surface area contributed by atoms with Gasteiger partial charge in [-0.2, -0.15) is 0 Å². The quantitative estimate of drug-likeness (QED) is 0.0251. The smallest absolute Gasteiger partial charge is 0.408 e. The molecule has 0 saturated heterocycles. The van der Waals surface area contributed by atoms with Gasteiger partial charge >= 0.3 is 12.1 Å². The maximum absolute atomic E-state index is 14.4. The van der Waals surface area contributed by atoms with Gasteiger partial charge in [-0.15, -0.1) is 0 Å². The Morgan fingerprint density at radius 2 is 0.620 bits per heavy atom. The van der Waals surface area contributed by atoms with Crippen LogP contribution in [-0.4, -0.2) is 487 Å². The Balaban J connectivity index is 4.65. The molecule has 0 aliphatic rings. The number of carbonyl (C=O) groups is 4.